The number of carboxylic acid groups (broad SMARTS) is 1. The highest BCUT2D eigenvalue weighted by Gasteiger charge is 2.34. The fraction of sp³-hybridized carbons (Fsp3) is 0.160. The molecule has 0 spiro atoms. The highest BCUT2D eigenvalue weighted by atomic mass is 32.2. The Labute approximate surface area is 210 Å². The fourth-order valence-electron chi connectivity index (χ4n) is 3.68. The monoisotopic (exact) mass is 524 g/mol. The van der Waals surface area contributed by atoms with Gasteiger partial charge in [-0.15, -0.1) is 5.10 Å². The van der Waals surface area contributed by atoms with Gasteiger partial charge >= 0.3 is 5.97 Å². The van der Waals surface area contributed by atoms with Gasteiger partial charge in [0, 0.05) is 17.8 Å². The summed E-state index contributed by atoms with van der Waals surface area (Å²) >= 11 is 0. The van der Waals surface area contributed by atoms with Crippen LogP contribution >= 0.6 is 0 Å². The van der Waals surface area contributed by atoms with Crippen molar-refractivity contribution in [3.63, 3.8) is 0 Å². The van der Waals surface area contributed by atoms with E-state index in [4.69, 9.17) is 0 Å². The largest absolute Gasteiger partial charge is 0.480 e. The molecule has 0 aliphatic carbocycles. The molecule has 10 nitrogen and oxygen atoms in total. The van der Waals surface area contributed by atoms with Gasteiger partial charge in [-0.05, 0) is 74.0 Å². The molecule has 0 saturated carbocycles. The number of nitrogens with one attached hydrogen (secondary N) is 1. The number of hydrogen-bond acceptors (Lipinski definition) is 7. The van der Waals surface area contributed by atoms with E-state index in [1.54, 1.807) is 25.1 Å². The van der Waals surface area contributed by atoms with Crippen LogP contribution in [0.5, 0.6) is 0 Å². The standard InChI is InChI=1S/C25H21FN4O6S/c1-15-2-11-21-20(14-15)24(32)30(29-28-21)13-12-22(25(33)34)37(35,36)19-9-7-18(8-10-19)27-23(31)16-3-5-17(26)6-4-16/h2-11,14,22H,12-13H2,1H3,(H,27,31)(H,33,34). The van der Waals surface area contributed by atoms with Gasteiger partial charge < -0.3 is 10.4 Å². The third-order valence-electron chi connectivity index (χ3n) is 5.68. The maximum atomic E-state index is 13.1. The predicted molar refractivity (Wildman–Crippen MR) is 133 cm³/mol. The van der Waals surface area contributed by atoms with Crippen molar-refractivity contribution < 1.29 is 27.5 Å². The van der Waals surface area contributed by atoms with Gasteiger partial charge in [0.05, 0.1) is 10.3 Å². The van der Waals surface area contributed by atoms with Gasteiger partial charge in [0.1, 0.15) is 11.3 Å². The maximum Gasteiger partial charge on any atom is 0.322 e. The number of hydrogen-bond donors (Lipinski definition) is 2. The van der Waals surface area contributed by atoms with Gasteiger partial charge in [0.15, 0.2) is 15.1 Å². The Morgan fingerprint density at radius 3 is 2.38 bits per heavy atom. The molecule has 0 saturated heterocycles. The molecule has 190 valence electrons. The summed E-state index contributed by atoms with van der Waals surface area (Å²) in [5.41, 5.74) is 1.16. The minimum absolute atomic E-state index is 0.200. The number of aryl methyl sites for hydroxylation is 2. The lowest BCUT2D eigenvalue weighted by Gasteiger charge is -2.15. The molecule has 1 atom stereocenters. The zero-order valence-electron chi connectivity index (χ0n) is 19.5. The first-order chi connectivity index (χ1) is 17.6. The Balaban J connectivity index is 1.51. The first-order valence-corrected chi connectivity index (χ1v) is 12.6. The number of carbonyl (C=O) groups excluding carboxylic acids is 1. The highest BCUT2D eigenvalue weighted by molar-refractivity contribution is 7.92. The van der Waals surface area contributed by atoms with Crippen LogP contribution in [0, 0.1) is 12.7 Å². The summed E-state index contributed by atoms with van der Waals surface area (Å²) in [6, 6.07) is 14.9. The van der Waals surface area contributed by atoms with E-state index in [2.05, 4.69) is 15.6 Å². The smallest absolute Gasteiger partial charge is 0.322 e. The van der Waals surface area contributed by atoms with Crippen LogP contribution in [0.3, 0.4) is 0 Å². The normalized spacial score (nSPS) is 12.3. The van der Waals surface area contributed by atoms with Crippen LogP contribution in [0.1, 0.15) is 22.3 Å². The van der Waals surface area contributed by atoms with Crippen molar-refractivity contribution in [2.75, 3.05) is 5.32 Å². The van der Waals surface area contributed by atoms with Crippen molar-refractivity contribution in [1.82, 2.24) is 15.0 Å². The van der Waals surface area contributed by atoms with Crippen LogP contribution in [0.25, 0.3) is 10.9 Å². The van der Waals surface area contributed by atoms with E-state index in [0.29, 0.717) is 10.9 Å². The lowest BCUT2D eigenvalue weighted by atomic mass is 10.2. The number of halogens is 1. The molecule has 0 bridgehead atoms. The van der Waals surface area contributed by atoms with Crippen molar-refractivity contribution in [1.29, 1.82) is 0 Å². The maximum absolute atomic E-state index is 13.1. The predicted octanol–water partition coefficient (Wildman–Crippen LogP) is 2.81. The highest BCUT2D eigenvalue weighted by Crippen LogP contribution is 2.22. The molecule has 0 radical (unpaired) electrons. The molecule has 1 unspecified atom stereocenters. The quantitative estimate of drug-likeness (QED) is 0.357. The third-order valence-corrected chi connectivity index (χ3v) is 7.79. The summed E-state index contributed by atoms with van der Waals surface area (Å²) in [5, 5.41) is 18.4. The summed E-state index contributed by atoms with van der Waals surface area (Å²) < 4.78 is 40.2. The van der Waals surface area contributed by atoms with E-state index >= 15 is 0 Å². The topological polar surface area (TPSA) is 148 Å². The van der Waals surface area contributed by atoms with Gasteiger partial charge in [-0.1, -0.05) is 16.8 Å². The van der Waals surface area contributed by atoms with E-state index in [0.717, 1.165) is 22.4 Å². The number of amides is 1. The molecule has 1 heterocycles. The van der Waals surface area contributed by atoms with Crippen molar-refractivity contribution >= 4 is 38.3 Å². The van der Waals surface area contributed by atoms with Gasteiger partial charge in [-0.2, -0.15) is 0 Å². The van der Waals surface area contributed by atoms with E-state index in [-0.39, 0.29) is 22.7 Å². The summed E-state index contributed by atoms with van der Waals surface area (Å²) in [6.07, 6.45) is -0.424. The van der Waals surface area contributed by atoms with Gasteiger partial charge in [-0.25, -0.2) is 17.5 Å². The lowest BCUT2D eigenvalue weighted by Crippen LogP contribution is -2.34. The van der Waals surface area contributed by atoms with Crippen molar-refractivity contribution in [2.45, 2.75) is 30.0 Å². The third kappa shape index (κ3) is 5.54. The van der Waals surface area contributed by atoms with E-state index in [9.17, 15) is 32.3 Å². The SMILES string of the molecule is Cc1ccc2nnn(CCC(C(=O)O)S(=O)(=O)c3ccc(NC(=O)c4ccc(F)cc4)cc3)c(=O)c2c1. The second-order valence-corrected chi connectivity index (χ2v) is 10.4. The second kappa shape index (κ2) is 10.3. The zero-order chi connectivity index (χ0) is 26.7. The Kier molecular flexibility index (Phi) is 7.11. The van der Waals surface area contributed by atoms with Crippen molar-refractivity contribution in [3.8, 4) is 0 Å². The lowest BCUT2D eigenvalue weighted by molar-refractivity contribution is -0.136. The molecule has 37 heavy (non-hydrogen) atoms. The molecule has 3 aromatic carbocycles. The molecule has 1 amide bonds. The van der Waals surface area contributed by atoms with Crippen LogP contribution in [-0.2, 0) is 21.2 Å². The number of fused-ring (bicyclic) bond motifs is 1. The number of aliphatic carboxylic acids is 1. The summed E-state index contributed by atoms with van der Waals surface area (Å²) in [6.45, 7) is 1.52. The van der Waals surface area contributed by atoms with Crippen molar-refractivity contribution in [2.24, 2.45) is 0 Å². The average Bonchev–Trinajstić information content (AvgIpc) is 2.86. The first-order valence-electron chi connectivity index (χ1n) is 11.0. The number of rotatable bonds is 8. The molecular formula is C25H21FN4O6S. The van der Waals surface area contributed by atoms with E-state index < -0.39 is 44.8 Å². The van der Waals surface area contributed by atoms with Crippen LogP contribution in [0.15, 0.2) is 76.4 Å². The molecule has 0 fully saturated rings. The molecule has 0 aliphatic heterocycles. The molecular weight excluding hydrogens is 503 g/mol. The van der Waals surface area contributed by atoms with Crippen LogP contribution < -0.4 is 10.9 Å². The zero-order valence-corrected chi connectivity index (χ0v) is 20.3. The summed E-state index contributed by atoms with van der Waals surface area (Å²) in [4.78, 5) is 36.6. The first kappa shape index (κ1) is 25.6. The minimum Gasteiger partial charge on any atom is -0.480 e. The van der Waals surface area contributed by atoms with E-state index in [1.165, 1.54) is 36.4 Å². The van der Waals surface area contributed by atoms with Crippen molar-refractivity contribution in [3.05, 3.63) is 94.0 Å². The van der Waals surface area contributed by atoms with Crippen LogP contribution in [-0.4, -0.2) is 45.6 Å². The number of aromatic nitrogens is 3. The number of anilines is 1. The molecule has 4 rings (SSSR count). The average molecular weight is 525 g/mol. The van der Waals surface area contributed by atoms with E-state index in [1.807, 2.05) is 0 Å². The fourth-order valence-corrected chi connectivity index (χ4v) is 5.21. The Morgan fingerprint density at radius 2 is 1.73 bits per heavy atom. The Morgan fingerprint density at radius 1 is 1.05 bits per heavy atom. The molecule has 12 heteroatoms. The molecule has 0 aliphatic rings. The summed E-state index contributed by atoms with van der Waals surface area (Å²) in [7, 11) is -4.35. The minimum atomic E-state index is -4.35. The van der Waals surface area contributed by atoms with Gasteiger partial charge in [0.25, 0.3) is 11.5 Å². The van der Waals surface area contributed by atoms with Crippen LogP contribution in [0.2, 0.25) is 0 Å². The summed E-state index contributed by atoms with van der Waals surface area (Å²) in [5.74, 6) is -2.60. The number of carboxylic acids is 1. The molecule has 1 aromatic heterocycles. The number of sulfone groups is 1. The van der Waals surface area contributed by atoms with Gasteiger partial charge in [-0.3, -0.25) is 14.4 Å². The molecule has 2 N–H and O–H groups in total. The van der Waals surface area contributed by atoms with Crippen LogP contribution in [0.4, 0.5) is 10.1 Å². The Bertz CT molecular complexity index is 1650. The number of benzene rings is 3. The number of carbonyl (C=O) groups is 2. The molecule has 4 aromatic rings. The number of nitrogens with zero attached hydrogens (tertiary/aromatic N) is 3. The second-order valence-electron chi connectivity index (χ2n) is 8.28. The van der Waals surface area contributed by atoms with Gasteiger partial charge in [0.2, 0.25) is 0 Å². The Hall–Kier alpha value is -4.45.